The van der Waals surface area contributed by atoms with Crippen molar-refractivity contribution in [1.82, 2.24) is 30.3 Å². The Morgan fingerprint density at radius 3 is 1.82 bits per heavy atom. The normalized spacial score (nSPS) is 16.9. The van der Waals surface area contributed by atoms with Crippen molar-refractivity contribution in [2.24, 2.45) is 29.4 Å². The van der Waals surface area contributed by atoms with Crippen LogP contribution in [0.2, 0.25) is 0 Å². The van der Waals surface area contributed by atoms with Gasteiger partial charge in [-0.3, -0.25) is 24.0 Å². The molecule has 3 rings (SSSR count). The van der Waals surface area contributed by atoms with Gasteiger partial charge in [0, 0.05) is 53.0 Å². The lowest BCUT2D eigenvalue weighted by Gasteiger charge is -2.41. The molecule has 0 bridgehead atoms. The second kappa shape index (κ2) is 37.7. The largest absolute Gasteiger partial charge is 0.379 e. The Morgan fingerprint density at radius 2 is 1.32 bits per heavy atom. The summed E-state index contributed by atoms with van der Waals surface area (Å²) >= 11 is 1.49. The van der Waals surface area contributed by atoms with E-state index >= 15 is 0 Å². The minimum absolute atomic E-state index is 0.0189. The van der Waals surface area contributed by atoms with E-state index in [2.05, 4.69) is 15.6 Å². The summed E-state index contributed by atoms with van der Waals surface area (Å²) in [5.74, 6) is -2.70. The summed E-state index contributed by atoms with van der Waals surface area (Å²) in [6.07, 6.45) is 3.13. The SMILES string of the molecule is CC[C@H](C)[C@@H]([C@@H](CC(=O)N1CCC[C@H]1[C@H](OC)[C@@H](C)C(=O)N[C@@H](Cc1ccccc1)c1nccs1)OC)N(C)C(=O)[C@@H](NC(=O)C(C(C)C)N(C)C(=O)CCOCCOCCOCCOCCOCCOCCN)C(C)C. The number of hydrogen-bond acceptors (Lipinski definition) is 16. The zero-order valence-corrected chi connectivity index (χ0v) is 48.9. The lowest BCUT2D eigenvalue weighted by atomic mass is 9.89. The van der Waals surface area contributed by atoms with Crippen LogP contribution < -0.4 is 16.4 Å². The fraction of sp³-hybridized carbons (Fsp3) is 0.750. The second-order valence-electron chi connectivity index (χ2n) is 20.3. The number of aromatic nitrogens is 1. The van der Waals surface area contributed by atoms with Crippen molar-refractivity contribution >= 4 is 40.9 Å². The summed E-state index contributed by atoms with van der Waals surface area (Å²) in [4.78, 5) is 80.2. The Hall–Kier alpha value is -4.16. The van der Waals surface area contributed by atoms with E-state index < -0.39 is 42.2 Å². The number of carbonyl (C=O) groups is 5. The molecular weight excluding hydrogens is 1010 g/mol. The summed E-state index contributed by atoms with van der Waals surface area (Å²) < 4.78 is 45.1. The van der Waals surface area contributed by atoms with E-state index in [1.807, 2.05) is 89.1 Å². The van der Waals surface area contributed by atoms with Crippen molar-refractivity contribution in [3.8, 4) is 0 Å². The van der Waals surface area contributed by atoms with Gasteiger partial charge in [-0.15, -0.1) is 11.3 Å². The topological polar surface area (TPSA) is 232 Å². The first kappa shape index (κ1) is 67.1. The van der Waals surface area contributed by atoms with E-state index in [0.29, 0.717) is 98.4 Å². The second-order valence-corrected chi connectivity index (χ2v) is 21.3. The van der Waals surface area contributed by atoms with Gasteiger partial charge in [0.25, 0.3) is 0 Å². The van der Waals surface area contributed by atoms with Gasteiger partial charge in [0.1, 0.15) is 17.1 Å². The highest BCUT2D eigenvalue weighted by Gasteiger charge is 2.44. The molecule has 5 amide bonds. The quantitative estimate of drug-likeness (QED) is 0.0777. The van der Waals surface area contributed by atoms with E-state index in [0.717, 1.165) is 17.0 Å². The van der Waals surface area contributed by atoms with Gasteiger partial charge in [-0.1, -0.05) is 85.2 Å². The molecule has 1 aromatic carbocycles. The zero-order valence-electron chi connectivity index (χ0n) is 48.1. The fourth-order valence-electron chi connectivity index (χ4n) is 9.74. The highest BCUT2D eigenvalue weighted by molar-refractivity contribution is 7.09. The van der Waals surface area contributed by atoms with Crippen LogP contribution in [-0.4, -0.2) is 206 Å². The van der Waals surface area contributed by atoms with Crippen LogP contribution in [0.5, 0.6) is 0 Å². The molecule has 1 aliphatic rings. The number of rotatable bonds is 41. The molecule has 2 heterocycles. The number of nitrogens with zero attached hydrogens (tertiary/aromatic N) is 4. The summed E-state index contributed by atoms with van der Waals surface area (Å²) in [7, 11) is 6.42. The zero-order chi connectivity index (χ0) is 56.7. The number of likely N-dealkylation sites (tertiary alicyclic amines) is 1. The Labute approximate surface area is 463 Å². The molecule has 0 spiro atoms. The molecule has 9 atom stereocenters. The molecule has 1 fully saturated rings. The van der Waals surface area contributed by atoms with Crippen LogP contribution in [-0.2, 0) is 68.3 Å². The highest BCUT2D eigenvalue weighted by atomic mass is 32.1. The maximum Gasteiger partial charge on any atom is 0.245 e. The van der Waals surface area contributed by atoms with Crippen molar-refractivity contribution in [3.05, 3.63) is 52.5 Å². The van der Waals surface area contributed by atoms with Crippen LogP contribution in [0.25, 0.3) is 0 Å². The van der Waals surface area contributed by atoms with Gasteiger partial charge in [0.05, 0.1) is 128 Å². The van der Waals surface area contributed by atoms with Gasteiger partial charge < -0.3 is 69.0 Å². The van der Waals surface area contributed by atoms with E-state index in [-0.39, 0.29) is 79.5 Å². The molecule has 20 nitrogen and oxygen atoms in total. The first-order chi connectivity index (χ1) is 37.0. The first-order valence-electron chi connectivity index (χ1n) is 27.6. The van der Waals surface area contributed by atoms with Crippen LogP contribution in [0.15, 0.2) is 41.9 Å². The Balaban J connectivity index is 1.55. The van der Waals surface area contributed by atoms with Gasteiger partial charge in [-0.2, -0.15) is 0 Å². The van der Waals surface area contributed by atoms with Crippen molar-refractivity contribution in [3.63, 3.8) is 0 Å². The molecule has 77 heavy (non-hydrogen) atoms. The molecular formula is C56H95N7O13S. The van der Waals surface area contributed by atoms with Crippen molar-refractivity contribution < 1.29 is 61.9 Å². The molecule has 0 aliphatic carbocycles. The summed E-state index contributed by atoms with van der Waals surface area (Å²) in [6, 6.07) is 6.91. The van der Waals surface area contributed by atoms with Crippen LogP contribution >= 0.6 is 11.3 Å². The van der Waals surface area contributed by atoms with Gasteiger partial charge in [0.2, 0.25) is 29.5 Å². The van der Waals surface area contributed by atoms with E-state index in [1.54, 1.807) is 39.4 Å². The number of likely N-dealkylation sites (N-methyl/N-ethyl adjacent to an activating group) is 2. The van der Waals surface area contributed by atoms with Crippen LogP contribution in [0.1, 0.15) is 97.2 Å². The van der Waals surface area contributed by atoms with Gasteiger partial charge >= 0.3 is 0 Å². The lowest BCUT2D eigenvalue weighted by molar-refractivity contribution is -0.148. The van der Waals surface area contributed by atoms with Crippen molar-refractivity contribution in [2.45, 2.75) is 129 Å². The summed E-state index contributed by atoms with van der Waals surface area (Å²) in [5.41, 5.74) is 6.45. The van der Waals surface area contributed by atoms with Crippen molar-refractivity contribution in [2.75, 3.05) is 121 Å². The molecule has 4 N–H and O–H groups in total. The predicted molar refractivity (Wildman–Crippen MR) is 296 cm³/mol. The number of methoxy groups -OCH3 is 2. The number of amides is 5. The van der Waals surface area contributed by atoms with Crippen LogP contribution in [0.3, 0.4) is 0 Å². The monoisotopic (exact) mass is 1110 g/mol. The van der Waals surface area contributed by atoms with Crippen LogP contribution in [0.4, 0.5) is 0 Å². The third-order valence-electron chi connectivity index (χ3n) is 14.1. The first-order valence-corrected chi connectivity index (χ1v) is 28.5. The average Bonchev–Trinajstić information content (AvgIpc) is 4.15. The summed E-state index contributed by atoms with van der Waals surface area (Å²) in [5, 5.41) is 8.94. The average molecular weight is 1110 g/mol. The lowest BCUT2D eigenvalue weighted by Crippen LogP contribution is -2.60. The predicted octanol–water partition coefficient (Wildman–Crippen LogP) is 4.54. The Bertz CT molecular complexity index is 1950. The molecule has 1 aliphatic heterocycles. The van der Waals surface area contributed by atoms with Crippen LogP contribution in [0, 0.1) is 23.7 Å². The number of nitrogens with one attached hydrogen (secondary N) is 2. The van der Waals surface area contributed by atoms with E-state index in [1.165, 1.54) is 16.2 Å². The maximum absolute atomic E-state index is 14.7. The molecule has 0 saturated carbocycles. The van der Waals surface area contributed by atoms with E-state index in [4.69, 9.17) is 43.6 Å². The third kappa shape index (κ3) is 22.8. The van der Waals surface area contributed by atoms with E-state index in [9.17, 15) is 24.0 Å². The maximum atomic E-state index is 14.7. The molecule has 1 saturated heterocycles. The van der Waals surface area contributed by atoms with Gasteiger partial charge in [-0.05, 0) is 42.6 Å². The van der Waals surface area contributed by atoms with Gasteiger partial charge in [-0.25, -0.2) is 4.98 Å². The smallest absolute Gasteiger partial charge is 0.245 e. The molecule has 1 unspecified atom stereocenters. The number of hydrogen-bond donors (Lipinski definition) is 3. The molecule has 0 radical (unpaired) electrons. The molecule has 438 valence electrons. The summed E-state index contributed by atoms with van der Waals surface area (Å²) in [6.45, 7) is 19.2. The number of carbonyl (C=O) groups excluding carboxylic acids is 5. The fourth-order valence-corrected chi connectivity index (χ4v) is 10.4. The minimum Gasteiger partial charge on any atom is -0.379 e. The standard InChI is InChI=1S/C56H95N7O13S/c1-12-41(6)51(46(69-10)38-48(65)63-23-16-19-45(63)52(70-11)42(7)53(66)59-44(55-58-22-36-77-55)37-43-17-14-13-15-18-43)62(9)56(68)49(39(2)3)60-54(67)50(40(4)5)61(8)47(64)20-24-71-26-28-73-30-32-75-34-35-76-33-31-74-29-27-72-25-21-57/h13-15,17-18,22,36,39-42,44-46,49-52H,12,16,19-21,23-35,37-38,57H2,1-11H3,(H,59,66)(H,60,67)/t41-,42+,44-,45-,46+,49-,50?,51-,52+/m0/s1. The van der Waals surface area contributed by atoms with Gasteiger partial charge in [0.15, 0.2) is 0 Å². The number of nitrogens with two attached hydrogens (primary N) is 1. The number of ether oxygens (including phenoxy) is 8. The Morgan fingerprint density at radius 1 is 0.753 bits per heavy atom. The minimum atomic E-state index is -0.942. The molecule has 2 aromatic rings. The number of benzene rings is 1. The number of thiazole rings is 1. The third-order valence-corrected chi connectivity index (χ3v) is 15.0. The molecule has 1 aromatic heterocycles. The Kier molecular flexibility index (Phi) is 32.8. The highest BCUT2D eigenvalue weighted by Crippen LogP contribution is 2.31. The molecule has 21 heteroatoms. The van der Waals surface area contributed by atoms with Crippen molar-refractivity contribution in [1.29, 1.82) is 0 Å².